The highest BCUT2D eigenvalue weighted by molar-refractivity contribution is 7.08. The average Bonchev–Trinajstić information content (AvgIpc) is 3.10. The van der Waals surface area contributed by atoms with Crippen molar-refractivity contribution < 1.29 is 19.1 Å². The quantitative estimate of drug-likeness (QED) is 0.754. The first-order chi connectivity index (χ1) is 11.9. The van der Waals surface area contributed by atoms with Gasteiger partial charge in [0.05, 0.1) is 22.2 Å². The second-order valence-corrected chi connectivity index (χ2v) is 6.61. The molecule has 2 amide bonds. The van der Waals surface area contributed by atoms with Crippen LogP contribution in [0.15, 0.2) is 35.0 Å². The molecule has 6 nitrogen and oxygen atoms in total. The molecule has 132 valence electrons. The molecule has 1 heterocycles. The molecule has 0 radical (unpaired) electrons. The Bertz CT molecular complexity index is 780. The van der Waals surface area contributed by atoms with Crippen LogP contribution in [-0.4, -0.2) is 42.9 Å². The predicted molar refractivity (Wildman–Crippen MR) is 97.3 cm³/mol. The number of likely N-dealkylation sites (N-methyl/N-ethyl adjacent to an activating group) is 1. The lowest BCUT2D eigenvalue weighted by Gasteiger charge is -2.16. The van der Waals surface area contributed by atoms with E-state index in [1.54, 1.807) is 29.0 Å². The molecule has 0 aliphatic rings. The summed E-state index contributed by atoms with van der Waals surface area (Å²) in [6.45, 7) is -0.639. The first kappa shape index (κ1) is 19.2. The molecular weight excluding hydrogens is 387 g/mol. The minimum atomic E-state index is -0.580. The first-order valence-electron chi connectivity index (χ1n) is 7.05. The zero-order valence-electron chi connectivity index (χ0n) is 13.1. The number of carbonyl (C=O) groups is 3. The molecule has 0 spiro atoms. The van der Waals surface area contributed by atoms with E-state index in [2.05, 4.69) is 5.32 Å². The number of thiophene rings is 1. The van der Waals surface area contributed by atoms with Crippen LogP contribution in [-0.2, 0) is 14.3 Å². The van der Waals surface area contributed by atoms with E-state index < -0.39 is 24.4 Å². The van der Waals surface area contributed by atoms with E-state index in [9.17, 15) is 14.4 Å². The molecule has 0 unspecified atom stereocenters. The van der Waals surface area contributed by atoms with E-state index in [0.717, 1.165) is 4.90 Å². The van der Waals surface area contributed by atoms with Gasteiger partial charge in [0.25, 0.3) is 5.91 Å². The monoisotopic (exact) mass is 400 g/mol. The Kier molecular flexibility index (Phi) is 6.81. The highest BCUT2D eigenvalue weighted by Gasteiger charge is 2.16. The number of amides is 2. The summed E-state index contributed by atoms with van der Waals surface area (Å²) in [6.07, 6.45) is 0. The van der Waals surface area contributed by atoms with Gasteiger partial charge in [0.1, 0.15) is 0 Å². The van der Waals surface area contributed by atoms with Gasteiger partial charge in [0, 0.05) is 18.1 Å². The van der Waals surface area contributed by atoms with E-state index in [4.69, 9.17) is 27.9 Å². The van der Waals surface area contributed by atoms with Gasteiger partial charge in [-0.05, 0) is 29.6 Å². The molecule has 0 saturated carbocycles. The Morgan fingerprint density at radius 1 is 1.20 bits per heavy atom. The molecule has 1 N–H and O–H groups in total. The Hall–Kier alpha value is -2.09. The summed E-state index contributed by atoms with van der Waals surface area (Å²) in [7, 11) is 1.44. The smallest absolute Gasteiger partial charge is 0.339 e. The SMILES string of the molecule is CN(CC(=O)Nc1ccc(Cl)c(Cl)c1)C(=O)COC(=O)c1ccsc1. The number of hydrogen-bond donors (Lipinski definition) is 1. The molecule has 0 aliphatic carbocycles. The lowest BCUT2D eigenvalue weighted by molar-refractivity contribution is -0.136. The van der Waals surface area contributed by atoms with Crippen LogP contribution in [0.2, 0.25) is 10.0 Å². The zero-order chi connectivity index (χ0) is 18.4. The third kappa shape index (κ3) is 5.74. The predicted octanol–water partition coefficient (Wildman–Crippen LogP) is 3.31. The number of esters is 1. The van der Waals surface area contributed by atoms with Crippen molar-refractivity contribution in [3.8, 4) is 0 Å². The third-order valence-electron chi connectivity index (χ3n) is 3.09. The van der Waals surface area contributed by atoms with Crippen molar-refractivity contribution in [1.82, 2.24) is 4.90 Å². The number of rotatable bonds is 6. The van der Waals surface area contributed by atoms with Gasteiger partial charge in [-0.15, -0.1) is 0 Å². The molecule has 0 atom stereocenters. The second kappa shape index (κ2) is 8.84. The molecule has 9 heteroatoms. The second-order valence-electron chi connectivity index (χ2n) is 5.02. The summed E-state index contributed by atoms with van der Waals surface area (Å²) < 4.78 is 4.91. The van der Waals surface area contributed by atoms with Gasteiger partial charge in [0.15, 0.2) is 6.61 Å². The summed E-state index contributed by atoms with van der Waals surface area (Å²) in [5.41, 5.74) is 0.849. The molecule has 2 aromatic rings. The van der Waals surface area contributed by atoms with E-state index in [1.807, 2.05) is 0 Å². The van der Waals surface area contributed by atoms with Gasteiger partial charge < -0.3 is 15.0 Å². The van der Waals surface area contributed by atoms with Crippen molar-refractivity contribution >= 4 is 58.0 Å². The summed E-state index contributed by atoms with van der Waals surface area (Å²) >= 11 is 13.0. The van der Waals surface area contributed by atoms with Crippen LogP contribution in [0.25, 0.3) is 0 Å². The highest BCUT2D eigenvalue weighted by Crippen LogP contribution is 2.24. The fourth-order valence-corrected chi connectivity index (χ4v) is 2.70. The lowest BCUT2D eigenvalue weighted by Crippen LogP contribution is -2.37. The Morgan fingerprint density at radius 2 is 1.96 bits per heavy atom. The van der Waals surface area contributed by atoms with Crippen molar-refractivity contribution in [2.24, 2.45) is 0 Å². The van der Waals surface area contributed by atoms with Crippen LogP contribution in [0.3, 0.4) is 0 Å². The molecule has 0 fully saturated rings. The number of anilines is 1. The third-order valence-corrected chi connectivity index (χ3v) is 4.52. The van der Waals surface area contributed by atoms with Crippen molar-refractivity contribution in [2.45, 2.75) is 0 Å². The Morgan fingerprint density at radius 3 is 2.60 bits per heavy atom. The summed E-state index contributed by atoms with van der Waals surface area (Å²) in [4.78, 5) is 36.7. The maximum absolute atomic E-state index is 12.0. The molecule has 1 aromatic heterocycles. The molecular formula is C16H14Cl2N2O4S. The fraction of sp³-hybridized carbons (Fsp3) is 0.188. The summed E-state index contributed by atoms with van der Waals surface area (Å²) in [5.74, 6) is -1.49. The van der Waals surface area contributed by atoms with Crippen LogP contribution in [0.5, 0.6) is 0 Å². The van der Waals surface area contributed by atoms with Gasteiger partial charge in [-0.25, -0.2) is 4.79 Å². The van der Waals surface area contributed by atoms with Gasteiger partial charge >= 0.3 is 5.97 Å². The van der Waals surface area contributed by atoms with Crippen molar-refractivity contribution in [3.63, 3.8) is 0 Å². The normalized spacial score (nSPS) is 10.2. The Labute approximate surface area is 158 Å². The van der Waals surface area contributed by atoms with E-state index in [-0.39, 0.29) is 6.54 Å². The lowest BCUT2D eigenvalue weighted by atomic mass is 10.3. The standard InChI is InChI=1S/C16H14Cl2N2O4S/c1-20(15(22)8-24-16(23)10-4-5-25-9-10)7-14(21)19-11-2-3-12(17)13(18)6-11/h2-6,9H,7-8H2,1H3,(H,19,21). The van der Waals surface area contributed by atoms with Crippen LogP contribution in [0.1, 0.15) is 10.4 Å². The molecule has 2 rings (SSSR count). The summed E-state index contributed by atoms with van der Waals surface area (Å²) in [5, 5.41) is 6.64. The Balaban J connectivity index is 1.80. The molecule has 0 saturated heterocycles. The fourth-order valence-electron chi connectivity index (χ4n) is 1.78. The van der Waals surface area contributed by atoms with Crippen molar-refractivity contribution in [3.05, 3.63) is 50.6 Å². The number of nitrogens with one attached hydrogen (secondary N) is 1. The zero-order valence-corrected chi connectivity index (χ0v) is 15.5. The van der Waals surface area contributed by atoms with Crippen molar-refractivity contribution in [1.29, 1.82) is 0 Å². The van der Waals surface area contributed by atoms with Crippen molar-refractivity contribution in [2.75, 3.05) is 25.5 Å². The van der Waals surface area contributed by atoms with Crippen LogP contribution in [0.4, 0.5) is 5.69 Å². The molecule has 0 bridgehead atoms. The number of carbonyl (C=O) groups excluding carboxylic acids is 3. The number of hydrogen-bond acceptors (Lipinski definition) is 5. The van der Waals surface area contributed by atoms with E-state index in [0.29, 0.717) is 21.3 Å². The van der Waals surface area contributed by atoms with E-state index >= 15 is 0 Å². The van der Waals surface area contributed by atoms with Crippen LogP contribution >= 0.6 is 34.5 Å². The van der Waals surface area contributed by atoms with Gasteiger partial charge in [-0.3, -0.25) is 9.59 Å². The number of halogens is 2. The van der Waals surface area contributed by atoms with Gasteiger partial charge in [0.2, 0.25) is 5.91 Å². The largest absolute Gasteiger partial charge is 0.452 e. The number of benzene rings is 1. The van der Waals surface area contributed by atoms with Crippen LogP contribution in [0, 0.1) is 0 Å². The molecule has 0 aliphatic heterocycles. The summed E-state index contributed by atoms with van der Waals surface area (Å²) in [6, 6.07) is 6.26. The number of nitrogens with zero attached hydrogens (tertiary/aromatic N) is 1. The van der Waals surface area contributed by atoms with Crippen LogP contribution < -0.4 is 5.32 Å². The van der Waals surface area contributed by atoms with E-state index in [1.165, 1.54) is 24.5 Å². The minimum Gasteiger partial charge on any atom is -0.452 e. The highest BCUT2D eigenvalue weighted by atomic mass is 35.5. The number of ether oxygens (including phenoxy) is 1. The van der Waals surface area contributed by atoms with Gasteiger partial charge in [-0.1, -0.05) is 23.2 Å². The maximum atomic E-state index is 12.0. The maximum Gasteiger partial charge on any atom is 0.339 e. The molecule has 25 heavy (non-hydrogen) atoms. The minimum absolute atomic E-state index is 0.199. The molecule has 1 aromatic carbocycles. The average molecular weight is 401 g/mol. The van der Waals surface area contributed by atoms with Gasteiger partial charge in [-0.2, -0.15) is 11.3 Å². The topological polar surface area (TPSA) is 75.7 Å². The first-order valence-corrected chi connectivity index (χ1v) is 8.75.